The lowest BCUT2D eigenvalue weighted by Gasteiger charge is -2.15. The van der Waals surface area contributed by atoms with Crippen LogP contribution in [0.15, 0.2) is 41.4 Å². The molecule has 0 fully saturated rings. The first-order valence-electron chi connectivity index (χ1n) is 6.51. The first-order valence-corrected chi connectivity index (χ1v) is 6.51. The molecule has 0 saturated carbocycles. The summed E-state index contributed by atoms with van der Waals surface area (Å²) in [6, 6.07) is 8.49. The molecule has 2 N–H and O–H groups in total. The second-order valence-corrected chi connectivity index (χ2v) is 4.97. The van der Waals surface area contributed by atoms with Crippen molar-refractivity contribution in [1.82, 2.24) is 0 Å². The van der Waals surface area contributed by atoms with E-state index in [4.69, 9.17) is 5.73 Å². The largest absolute Gasteiger partial charge is 0.416 e. The minimum absolute atomic E-state index is 0.185. The average Bonchev–Trinajstić information content (AvgIpc) is 2.93. The number of alkyl halides is 3. The van der Waals surface area contributed by atoms with Crippen LogP contribution in [-0.4, -0.2) is 12.1 Å². The molecule has 2 aromatic carbocycles. The van der Waals surface area contributed by atoms with Gasteiger partial charge in [0.25, 0.3) is 0 Å². The van der Waals surface area contributed by atoms with E-state index in [2.05, 4.69) is 4.99 Å². The van der Waals surface area contributed by atoms with Crippen molar-refractivity contribution in [3.8, 4) is 11.1 Å². The van der Waals surface area contributed by atoms with Gasteiger partial charge in [-0.05, 0) is 34.9 Å². The molecule has 0 radical (unpaired) electrons. The van der Waals surface area contributed by atoms with Crippen molar-refractivity contribution in [3.63, 3.8) is 0 Å². The molecule has 1 heterocycles. The number of primary amides is 1. The zero-order valence-electron chi connectivity index (χ0n) is 11.3. The standard InChI is InChI=1S/C16H11F3N2O/c17-16(18,19)10-5-9-7-21-8-14(9)13(6-10)11-3-1-2-4-12(11)15(20)22/h1-6,8H,7H2,(H2,20,22). The van der Waals surface area contributed by atoms with Gasteiger partial charge in [-0.25, -0.2) is 0 Å². The maximum absolute atomic E-state index is 13.1. The van der Waals surface area contributed by atoms with Crippen molar-refractivity contribution in [3.05, 3.63) is 58.7 Å². The van der Waals surface area contributed by atoms with Crippen LogP contribution in [0.4, 0.5) is 13.2 Å². The van der Waals surface area contributed by atoms with Crippen LogP contribution in [0.1, 0.15) is 27.0 Å². The second-order valence-electron chi connectivity index (χ2n) is 4.97. The van der Waals surface area contributed by atoms with E-state index in [9.17, 15) is 18.0 Å². The molecule has 3 rings (SSSR count). The summed E-state index contributed by atoms with van der Waals surface area (Å²) >= 11 is 0. The SMILES string of the molecule is NC(=O)c1ccccc1-c1cc(C(F)(F)F)cc2c1C=NC2. The molecule has 1 amide bonds. The normalized spacial score (nSPS) is 13.2. The molecule has 112 valence electrons. The Balaban J connectivity index is 2.29. The zero-order valence-corrected chi connectivity index (χ0v) is 11.3. The van der Waals surface area contributed by atoms with Gasteiger partial charge in [0.1, 0.15) is 0 Å². The molecule has 0 unspecified atom stereocenters. The fraction of sp³-hybridized carbons (Fsp3) is 0.125. The maximum Gasteiger partial charge on any atom is 0.416 e. The molecular formula is C16H11F3N2O. The molecule has 0 spiro atoms. The van der Waals surface area contributed by atoms with Gasteiger partial charge in [-0.2, -0.15) is 13.2 Å². The fourth-order valence-electron chi connectivity index (χ4n) is 2.55. The van der Waals surface area contributed by atoms with Gasteiger partial charge in [-0.1, -0.05) is 18.2 Å². The monoisotopic (exact) mass is 304 g/mol. The van der Waals surface area contributed by atoms with Crippen molar-refractivity contribution in [2.45, 2.75) is 12.7 Å². The van der Waals surface area contributed by atoms with Gasteiger partial charge in [0.2, 0.25) is 5.91 Å². The van der Waals surface area contributed by atoms with Gasteiger partial charge in [-0.15, -0.1) is 0 Å². The molecular weight excluding hydrogens is 293 g/mol. The quantitative estimate of drug-likeness (QED) is 0.908. The molecule has 22 heavy (non-hydrogen) atoms. The van der Waals surface area contributed by atoms with E-state index in [0.717, 1.165) is 12.1 Å². The summed E-state index contributed by atoms with van der Waals surface area (Å²) in [6.07, 6.45) is -2.93. The van der Waals surface area contributed by atoms with E-state index < -0.39 is 17.6 Å². The Bertz CT molecular complexity index is 794. The Hall–Kier alpha value is -2.63. The van der Waals surface area contributed by atoms with Gasteiger partial charge in [0, 0.05) is 17.3 Å². The van der Waals surface area contributed by atoms with Crippen molar-refractivity contribution >= 4 is 12.1 Å². The molecule has 1 aliphatic rings. The third kappa shape index (κ3) is 2.36. The fourth-order valence-corrected chi connectivity index (χ4v) is 2.55. The lowest BCUT2D eigenvalue weighted by molar-refractivity contribution is -0.137. The van der Waals surface area contributed by atoms with Gasteiger partial charge >= 0.3 is 6.18 Å². The minimum Gasteiger partial charge on any atom is -0.366 e. The predicted molar refractivity (Wildman–Crippen MR) is 76.7 cm³/mol. The molecule has 6 heteroatoms. The second kappa shape index (κ2) is 4.98. The Morgan fingerprint density at radius 2 is 1.86 bits per heavy atom. The van der Waals surface area contributed by atoms with Crippen LogP contribution in [0.25, 0.3) is 11.1 Å². The van der Waals surface area contributed by atoms with Crippen molar-refractivity contribution in [1.29, 1.82) is 0 Å². The van der Waals surface area contributed by atoms with E-state index in [1.807, 2.05) is 0 Å². The van der Waals surface area contributed by atoms with Crippen LogP contribution >= 0.6 is 0 Å². The Kier molecular flexibility index (Phi) is 3.24. The average molecular weight is 304 g/mol. The highest BCUT2D eigenvalue weighted by atomic mass is 19.4. The maximum atomic E-state index is 13.1. The summed E-state index contributed by atoms with van der Waals surface area (Å²) in [5.41, 5.74) is 6.54. The lowest BCUT2D eigenvalue weighted by Crippen LogP contribution is -2.13. The number of carbonyl (C=O) groups is 1. The predicted octanol–water partition coefficient (Wildman–Crippen LogP) is 3.40. The Morgan fingerprint density at radius 3 is 2.55 bits per heavy atom. The van der Waals surface area contributed by atoms with E-state index in [-0.39, 0.29) is 12.1 Å². The highest BCUT2D eigenvalue weighted by Crippen LogP contribution is 2.37. The van der Waals surface area contributed by atoms with Gasteiger partial charge in [-0.3, -0.25) is 9.79 Å². The number of amides is 1. The zero-order chi connectivity index (χ0) is 15.9. The molecule has 0 aromatic heterocycles. The molecule has 0 atom stereocenters. The topological polar surface area (TPSA) is 55.5 Å². The van der Waals surface area contributed by atoms with E-state index in [1.165, 1.54) is 12.3 Å². The Labute approximate surface area is 124 Å². The number of halogens is 3. The van der Waals surface area contributed by atoms with E-state index >= 15 is 0 Å². The molecule has 0 aliphatic carbocycles. The molecule has 0 bridgehead atoms. The molecule has 0 saturated heterocycles. The van der Waals surface area contributed by atoms with Gasteiger partial charge < -0.3 is 5.73 Å². The summed E-state index contributed by atoms with van der Waals surface area (Å²) in [5.74, 6) is -0.684. The van der Waals surface area contributed by atoms with Crippen LogP contribution in [0.3, 0.4) is 0 Å². The molecule has 1 aliphatic heterocycles. The number of fused-ring (bicyclic) bond motifs is 1. The van der Waals surface area contributed by atoms with Crippen LogP contribution in [0.5, 0.6) is 0 Å². The third-order valence-corrected chi connectivity index (χ3v) is 3.56. The third-order valence-electron chi connectivity index (χ3n) is 3.56. The number of nitrogens with two attached hydrogens (primary N) is 1. The van der Waals surface area contributed by atoms with Gasteiger partial charge in [0.05, 0.1) is 12.1 Å². The highest BCUT2D eigenvalue weighted by molar-refractivity contribution is 6.03. The molecule has 3 nitrogen and oxygen atoms in total. The first kappa shape index (κ1) is 14.3. The highest BCUT2D eigenvalue weighted by Gasteiger charge is 2.33. The number of rotatable bonds is 2. The van der Waals surface area contributed by atoms with Crippen molar-refractivity contribution in [2.24, 2.45) is 10.7 Å². The van der Waals surface area contributed by atoms with Crippen LogP contribution in [0, 0.1) is 0 Å². The van der Waals surface area contributed by atoms with Crippen LogP contribution in [0.2, 0.25) is 0 Å². The number of hydrogen-bond donors (Lipinski definition) is 1. The summed E-state index contributed by atoms with van der Waals surface area (Å²) in [5, 5.41) is 0. The Morgan fingerprint density at radius 1 is 1.14 bits per heavy atom. The van der Waals surface area contributed by atoms with E-state index in [1.54, 1.807) is 18.2 Å². The van der Waals surface area contributed by atoms with Crippen LogP contribution in [-0.2, 0) is 12.7 Å². The number of aliphatic imine (C=N–C) groups is 1. The number of hydrogen-bond acceptors (Lipinski definition) is 2. The summed E-state index contributed by atoms with van der Waals surface area (Å²) < 4.78 is 39.2. The summed E-state index contributed by atoms with van der Waals surface area (Å²) in [7, 11) is 0. The van der Waals surface area contributed by atoms with Crippen molar-refractivity contribution in [2.75, 3.05) is 0 Å². The van der Waals surface area contributed by atoms with E-state index in [0.29, 0.717) is 22.3 Å². The number of nitrogens with zero attached hydrogens (tertiary/aromatic N) is 1. The smallest absolute Gasteiger partial charge is 0.366 e. The molecule has 2 aromatic rings. The number of carbonyl (C=O) groups excluding carboxylic acids is 1. The summed E-state index contributed by atoms with van der Waals surface area (Å²) in [4.78, 5) is 15.6. The summed E-state index contributed by atoms with van der Waals surface area (Å²) in [6.45, 7) is 0.199. The lowest BCUT2D eigenvalue weighted by atomic mass is 9.91. The minimum atomic E-state index is -4.46. The van der Waals surface area contributed by atoms with Gasteiger partial charge in [0.15, 0.2) is 0 Å². The number of benzene rings is 2. The van der Waals surface area contributed by atoms with Crippen molar-refractivity contribution < 1.29 is 18.0 Å². The van der Waals surface area contributed by atoms with Crippen LogP contribution < -0.4 is 5.73 Å². The first-order chi connectivity index (χ1) is 10.4.